The average molecular weight is 490 g/mol. The minimum atomic E-state index is 0.984. The van der Waals surface area contributed by atoms with Crippen LogP contribution in [0.15, 0.2) is 170 Å². The van der Waals surface area contributed by atoms with E-state index in [2.05, 4.69) is 152 Å². The molecule has 0 saturated heterocycles. The molecule has 0 heterocycles. The molecule has 5 rings (SSSR count). The summed E-state index contributed by atoms with van der Waals surface area (Å²) in [7, 11) is 0. The molecule has 0 radical (unpaired) electrons. The molecule has 0 fully saturated rings. The highest BCUT2D eigenvalue weighted by atomic mass is 15.1. The van der Waals surface area contributed by atoms with Crippen molar-refractivity contribution < 1.29 is 0 Å². The number of benzene rings is 5. The van der Waals surface area contributed by atoms with Crippen LogP contribution in [0.5, 0.6) is 0 Å². The normalized spacial score (nSPS) is 11.4. The zero-order valence-electron chi connectivity index (χ0n) is 21.7. The summed E-state index contributed by atoms with van der Waals surface area (Å²) < 4.78 is 0. The Morgan fingerprint density at radius 3 is 1.76 bits per heavy atom. The molecule has 0 aromatic heterocycles. The van der Waals surface area contributed by atoms with Gasteiger partial charge in [0.15, 0.2) is 0 Å². The first-order valence-corrected chi connectivity index (χ1v) is 12.9. The third-order valence-corrected chi connectivity index (χ3v) is 6.59. The second-order valence-corrected chi connectivity index (χ2v) is 9.19. The molecule has 0 atom stereocenters. The number of allylic oxidation sites excluding steroid dienone is 5. The van der Waals surface area contributed by atoms with Gasteiger partial charge in [-0.15, -0.1) is 0 Å². The van der Waals surface area contributed by atoms with E-state index in [-0.39, 0.29) is 0 Å². The van der Waals surface area contributed by atoms with Crippen LogP contribution in [-0.2, 0) is 0 Å². The molecule has 0 aliphatic rings. The van der Waals surface area contributed by atoms with Crippen LogP contribution < -0.4 is 4.90 Å². The Bertz CT molecular complexity index is 1540. The van der Waals surface area contributed by atoms with Crippen molar-refractivity contribution in [3.63, 3.8) is 0 Å². The van der Waals surface area contributed by atoms with E-state index < -0.39 is 0 Å². The topological polar surface area (TPSA) is 3.24 Å². The summed E-state index contributed by atoms with van der Waals surface area (Å²) in [6.45, 7) is 6.40. The van der Waals surface area contributed by atoms with Crippen LogP contribution in [0.1, 0.15) is 12.5 Å². The molecule has 38 heavy (non-hydrogen) atoms. The Labute approximate surface area is 226 Å². The van der Waals surface area contributed by atoms with Gasteiger partial charge in [-0.2, -0.15) is 0 Å². The standard InChI is InChI=1S/C37H31N/c1-29(31-17-6-3-7-18-31)15-14-16-30(2)38(35-27-25-33(26-28-35)32-19-8-4-9-20-32)37-24-13-12-23-36(37)34-21-10-5-11-22-34/h3-28H,1H2,2H3. The van der Waals surface area contributed by atoms with Crippen LogP contribution in [0.25, 0.3) is 27.8 Å². The highest BCUT2D eigenvalue weighted by Crippen LogP contribution is 2.38. The lowest BCUT2D eigenvalue weighted by Gasteiger charge is -2.28. The molecule has 1 nitrogen and oxygen atoms in total. The number of hydrogen-bond acceptors (Lipinski definition) is 1. The lowest BCUT2D eigenvalue weighted by molar-refractivity contribution is 1.16. The molecular formula is C37H31N. The maximum atomic E-state index is 4.25. The zero-order valence-corrected chi connectivity index (χ0v) is 21.7. The van der Waals surface area contributed by atoms with Crippen molar-refractivity contribution in [1.29, 1.82) is 0 Å². The molecule has 1 heteroatoms. The maximum Gasteiger partial charge on any atom is 0.0536 e. The van der Waals surface area contributed by atoms with Crippen molar-refractivity contribution in [3.8, 4) is 22.3 Å². The van der Waals surface area contributed by atoms with Gasteiger partial charge < -0.3 is 4.90 Å². The number of rotatable bonds is 8. The van der Waals surface area contributed by atoms with E-state index in [0.717, 1.165) is 28.2 Å². The van der Waals surface area contributed by atoms with Crippen LogP contribution in [0.3, 0.4) is 0 Å². The molecule has 0 amide bonds. The van der Waals surface area contributed by atoms with E-state index in [1.807, 2.05) is 24.3 Å². The first-order chi connectivity index (χ1) is 18.7. The van der Waals surface area contributed by atoms with Crippen LogP contribution in [-0.4, -0.2) is 0 Å². The van der Waals surface area contributed by atoms with Gasteiger partial charge >= 0.3 is 0 Å². The van der Waals surface area contributed by atoms with Gasteiger partial charge in [-0.3, -0.25) is 0 Å². The quantitative estimate of drug-likeness (QED) is 0.196. The Morgan fingerprint density at radius 1 is 0.579 bits per heavy atom. The maximum absolute atomic E-state index is 4.25. The molecule has 5 aromatic rings. The van der Waals surface area contributed by atoms with Crippen molar-refractivity contribution in [1.82, 2.24) is 0 Å². The second-order valence-electron chi connectivity index (χ2n) is 9.19. The van der Waals surface area contributed by atoms with Gasteiger partial charge in [-0.05, 0) is 59.0 Å². The molecular weight excluding hydrogens is 458 g/mol. The molecule has 0 N–H and O–H groups in total. The number of nitrogens with zero attached hydrogens (tertiary/aromatic N) is 1. The number of anilines is 2. The van der Waals surface area contributed by atoms with E-state index in [1.54, 1.807) is 0 Å². The largest absolute Gasteiger partial charge is 0.314 e. The summed E-state index contributed by atoms with van der Waals surface area (Å²) in [5.74, 6) is 0. The first-order valence-electron chi connectivity index (χ1n) is 12.9. The lowest BCUT2D eigenvalue weighted by Crippen LogP contribution is -2.15. The fourth-order valence-corrected chi connectivity index (χ4v) is 4.62. The van der Waals surface area contributed by atoms with Gasteiger partial charge in [0.1, 0.15) is 0 Å². The minimum Gasteiger partial charge on any atom is -0.314 e. The van der Waals surface area contributed by atoms with E-state index in [4.69, 9.17) is 0 Å². The molecule has 0 spiro atoms. The van der Waals surface area contributed by atoms with Crippen molar-refractivity contribution in [2.75, 3.05) is 4.90 Å². The SMILES string of the molecule is C=C(C=CC=C(C)N(c1ccc(-c2ccccc2)cc1)c1ccccc1-c1ccccc1)c1ccccc1. The van der Waals surface area contributed by atoms with E-state index in [9.17, 15) is 0 Å². The monoisotopic (exact) mass is 489 g/mol. The Kier molecular flexibility index (Phi) is 7.77. The summed E-state index contributed by atoms with van der Waals surface area (Å²) in [6.07, 6.45) is 6.31. The Balaban J connectivity index is 1.55. The van der Waals surface area contributed by atoms with Crippen LogP contribution in [0.2, 0.25) is 0 Å². The summed E-state index contributed by atoms with van der Waals surface area (Å²) in [5, 5.41) is 0. The molecule has 0 aliphatic heterocycles. The molecule has 184 valence electrons. The van der Waals surface area contributed by atoms with E-state index in [1.165, 1.54) is 22.3 Å². The summed E-state index contributed by atoms with van der Waals surface area (Å²) in [4.78, 5) is 2.33. The second kappa shape index (κ2) is 11.9. The number of para-hydroxylation sites is 1. The highest BCUT2D eigenvalue weighted by Gasteiger charge is 2.16. The van der Waals surface area contributed by atoms with Crippen LogP contribution >= 0.6 is 0 Å². The fourth-order valence-electron chi connectivity index (χ4n) is 4.62. The fraction of sp³-hybridized carbons (Fsp3) is 0.0270. The molecule has 5 aromatic carbocycles. The summed E-state index contributed by atoms with van der Waals surface area (Å²) in [6, 6.07) is 48.7. The predicted molar refractivity (Wildman–Crippen MR) is 164 cm³/mol. The van der Waals surface area contributed by atoms with Crippen molar-refractivity contribution >= 4 is 16.9 Å². The summed E-state index contributed by atoms with van der Waals surface area (Å²) >= 11 is 0. The molecule has 0 saturated carbocycles. The van der Waals surface area contributed by atoms with Gasteiger partial charge in [0.2, 0.25) is 0 Å². The first kappa shape index (κ1) is 24.8. The summed E-state index contributed by atoms with van der Waals surface area (Å²) in [5.41, 5.74) is 10.2. The van der Waals surface area contributed by atoms with E-state index in [0.29, 0.717) is 0 Å². The van der Waals surface area contributed by atoms with Gasteiger partial charge in [0.25, 0.3) is 0 Å². The van der Waals surface area contributed by atoms with Crippen LogP contribution in [0.4, 0.5) is 11.4 Å². The minimum absolute atomic E-state index is 0.984. The Morgan fingerprint density at radius 2 is 1.11 bits per heavy atom. The van der Waals surface area contributed by atoms with Gasteiger partial charge in [0.05, 0.1) is 5.69 Å². The lowest BCUT2D eigenvalue weighted by atomic mass is 10.0. The van der Waals surface area contributed by atoms with E-state index >= 15 is 0 Å². The zero-order chi connectivity index (χ0) is 26.2. The Hall–Kier alpha value is -4.88. The van der Waals surface area contributed by atoms with Gasteiger partial charge in [0, 0.05) is 16.9 Å². The van der Waals surface area contributed by atoms with Gasteiger partial charge in [-0.1, -0.05) is 140 Å². The van der Waals surface area contributed by atoms with Gasteiger partial charge in [-0.25, -0.2) is 0 Å². The molecule has 0 bridgehead atoms. The molecule has 0 unspecified atom stereocenters. The predicted octanol–water partition coefficient (Wildman–Crippen LogP) is 10.3. The number of hydrogen-bond donors (Lipinski definition) is 0. The average Bonchev–Trinajstić information content (AvgIpc) is 2.99. The van der Waals surface area contributed by atoms with Crippen LogP contribution in [0, 0.1) is 0 Å². The van der Waals surface area contributed by atoms with Crippen molar-refractivity contribution in [2.45, 2.75) is 6.92 Å². The molecule has 0 aliphatic carbocycles. The van der Waals surface area contributed by atoms with Crippen molar-refractivity contribution in [3.05, 3.63) is 176 Å². The third-order valence-electron chi connectivity index (χ3n) is 6.59. The third kappa shape index (κ3) is 5.74. The smallest absolute Gasteiger partial charge is 0.0536 e. The highest BCUT2D eigenvalue weighted by molar-refractivity contribution is 5.85. The van der Waals surface area contributed by atoms with Crippen molar-refractivity contribution in [2.24, 2.45) is 0 Å².